The minimum Gasteiger partial charge on any atom is -0.396 e. The molecule has 0 spiro atoms. The molecule has 0 saturated carbocycles. The molecule has 0 bridgehead atoms. The molecule has 116 valence electrons. The normalized spacial score (nSPS) is 13.4. The van der Waals surface area contributed by atoms with Gasteiger partial charge in [-0.3, -0.25) is 9.36 Å². The van der Waals surface area contributed by atoms with Gasteiger partial charge < -0.3 is 5.11 Å². The first-order valence-corrected chi connectivity index (χ1v) is 8.12. The van der Waals surface area contributed by atoms with Crippen LogP contribution in [0.5, 0.6) is 0 Å². The maximum absolute atomic E-state index is 12.2. The third-order valence-corrected chi connectivity index (χ3v) is 4.39. The largest absolute Gasteiger partial charge is 0.396 e. The van der Waals surface area contributed by atoms with Gasteiger partial charge in [0, 0.05) is 37.8 Å². The number of nitrogens with zero attached hydrogens (tertiary/aromatic N) is 4. The molecule has 0 fully saturated rings. The van der Waals surface area contributed by atoms with Crippen LogP contribution >= 0.6 is 0 Å². The molecule has 1 atom stereocenters. The standard InChI is InChI=1S/C12H19N5O3S/c1-11(9-16-5-2-4-13-16)15-21(19,20)12-8-14-17(10-12)6-3-7-18/h2,4-5,8,10-11,15,18H,3,6-7,9H2,1H3. The van der Waals surface area contributed by atoms with E-state index in [9.17, 15) is 8.42 Å². The Morgan fingerprint density at radius 1 is 1.38 bits per heavy atom. The zero-order valence-electron chi connectivity index (χ0n) is 11.8. The highest BCUT2D eigenvalue weighted by Gasteiger charge is 2.19. The van der Waals surface area contributed by atoms with Crippen molar-refractivity contribution in [1.82, 2.24) is 24.3 Å². The SMILES string of the molecule is CC(Cn1cccn1)NS(=O)(=O)c1cnn(CCCO)c1. The maximum atomic E-state index is 12.2. The molecule has 2 heterocycles. The van der Waals surface area contributed by atoms with E-state index in [1.807, 2.05) is 0 Å². The molecule has 0 saturated heterocycles. The van der Waals surface area contributed by atoms with Gasteiger partial charge >= 0.3 is 0 Å². The number of hydrogen-bond donors (Lipinski definition) is 2. The van der Waals surface area contributed by atoms with Crippen molar-refractivity contribution in [3.8, 4) is 0 Å². The van der Waals surface area contributed by atoms with Crippen molar-refractivity contribution in [2.24, 2.45) is 0 Å². The van der Waals surface area contributed by atoms with Gasteiger partial charge in [-0.15, -0.1) is 0 Å². The topological polar surface area (TPSA) is 102 Å². The van der Waals surface area contributed by atoms with Crippen molar-refractivity contribution in [2.75, 3.05) is 6.61 Å². The number of sulfonamides is 1. The molecule has 0 aromatic carbocycles. The molecule has 0 aliphatic carbocycles. The molecule has 8 nitrogen and oxygen atoms in total. The molecule has 1 unspecified atom stereocenters. The van der Waals surface area contributed by atoms with Gasteiger partial charge in [0.05, 0.1) is 12.7 Å². The van der Waals surface area contributed by atoms with Crippen LogP contribution in [0.25, 0.3) is 0 Å². The summed E-state index contributed by atoms with van der Waals surface area (Å²) >= 11 is 0. The number of aliphatic hydroxyl groups excluding tert-OH is 1. The van der Waals surface area contributed by atoms with E-state index in [4.69, 9.17) is 5.11 Å². The lowest BCUT2D eigenvalue weighted by molar-refractivity contribution is 0.277. The molecule has 21 heavy (non-hydrogen) atoms. The highest BCUT2D eigenvalue weighted by atomic mass is 32.2. The minimum atomic E-state index is -3.60. The molecule has 2 rings (SSSR count). The van der Waals surface area contributed by atoms with Crippen molar-refractivity contribution in [2.45, 2.75) is 37.4 Å². The molecule has 2 aromatic rings. The lowest BCUT2D eigenvalue weighted by Gasteiger charge is -2.13. The van der Waals surface area contributed by atoms with Crippen LogP contribution in [0.1, 0.15) is 13.3 Å². The predicted molar refractivity (Wildman–Crippen MR) is 75.9 cm³/mol. The highest BCUT2D eigenvalue weighted by Crippen LogP contribution is 2.08. The fourth-order valence-corrected chi connectivity index (χ4v) is 3.08. The van der Waals surface area contributed by atoms with Crippen molar-refractivity contribution in [1.29, 1.82) is 0 Å². The number of aromatic nitrogens is 4. The quantitative estimate of drug-likeness (QED) is 0.704. The fourth-order valence-electron chi connectivity index (χ4n) is 1.90. The molecular formula is C12H19N5O3S. The predicted octanol–water partition coefficient (Wildman–Crippen LogP) is -0.171. The zero-order valence-corrected chi connectivity index (χ0v) is 12.6. The van der Waals surface area contributed by atoms with Crippen LogP contribution in [0.4, 0.5) is 0 Å². The summed E-state index contributed by atoms with van der Waals surface area (Å²) in [6.07, 6.45) is 6.72. The molecule has 2 N–H and O–H groups in total. The van der Waals surface area contributed by atoms with Crippen LogP contribution in [-0.4, -0.2) is 45.7 Å². The van der Waals surface area contributed by atoms with E-state index in [1.54, 1.807) is 30.1 Å². The molecule has 0 aliphatic rings. The van der Waals surface area contributed by atoms with E-state index >= 15 is 0 Å². The molecule has 9 heteroatoms. The van der Waals surface area contributed by atoms with E-state index in [0.717, 1.165) is 0 Å². The molecule has 0 aliphatic heterocycles. The summed E-state index contributed by atoms with van der Waals surface area (Å²) < 4.78 is 30.2. The molecular weight excluding hydrogens is 294 g/mol. The van der Waals surface area contributed by atoms with Crippen LogP contribution in [0.15, 0.2) is 35.7 Å². The molecule has 0 amide bonds. The average molecular weight is 313 g/mol. The van der Waals surface area contributed by atoms with Crippen LogP contribution in [-0.2, 0) is 23.1 Å². The van der Waals surface area contributed by atoms with Gasteiger partial charge in [-0.1, -0.05) is 0 Å². The Labute approximate surface area is 123 Å². The summed E-state index contributed by atoms with van der Waals surface area (Å²) in [6.45, 7) is 2.75. The maximum Gasteiger partial charge on any atom is 0.243 e. The Kier molecular flexibility index (Phi) is 5.10. The average Bonchev–Trinajstić information content (AvgIpc) is 3.06. The van der Waals surface area contributed by atoms with Crippen LogP contribution in [0.2, 0.25) is 0 Å². The number of aliphatic hydroxyl groups is 1. The van der Waals surface area contributed by atoms with Gasteiger partial charge in [-0.2, -0.15) is 10.2 Å². The van der Waals surface area contributed by atoms with Crippen LogP contribution in [0, 0.1) is 0 Å². The summed E-state index contributed by atoms with van der Waals surface area (Å²) in [5.41, 5.74) is 0. The molecule has 0 radical (unpaired) electrons. The Bertz CT molecular complexity index is 650. The van der Waals surface area contributed by atoms with Crippen LogP contribution in [0.3, 0.4) is 0 Å². The first kappa shape index (κ1) is 15.7. The van der Waals surface area contributed by atoms with Crippen molar-refractivity contribution >= 4 is 10.0 Å². The molecule has 2 aromatic heterocycles. The highest BCUT2D eigenvalue weighted by molar-refractivity contribution is 7.89. The van der Waals surface area contributed by atoms with Crippen LogP contribution < -0.4 is 4.72 Å². The van der Waals surface area contributed by atoms with E-state index in [1.165, 1.54) is 17.1 Å². The Balaban J connectivity index is 1.98. The number of hydrogen-bond acceptors (Lipinski definition) is 5. The summed E-state index contributed by atoms with van der Waals surface area (Å²) in [5, 5.41) is 16.8. The second-order valence-electron chi connectivity index (χ2n) is 4.77. The van der Waals surface area contributed by atoms with Gasteiger partial charge in [0.2, 0.25) is 10.0 Å². The second-order valence-corrected chi connectivity index (χ2v) is 6.48. The van der Waals surface area contributed by atoms with Crippen molar-refractivity contribution in [3.05, 3.63) is 30.9 Å². The monoisotopic (exact) mass is 313 g/mol. The fraction of sp³-hybridized carbons (Fsp3) is 0.500. The Hall–Kier alpha value is -1.71. The zero-order chi connectivity index (χ0) is 15.3. The van der Waals surface area contributed by atoms with E-state index in [0.29, 0.717) is 19.5 Å². The first-order chi connectivity index (χ1) is 10.0. The van der Waals surface area contributed by atoms with E-state index < -0.39 is 10.0 Å². The van der Waals surface area contributed by atoms with Gasteiger partial charge in [0.25, 0.3) is 0 Å². The smallest absolute Gasteiger partial charge is 0.243 e. The summed E-state index contributed by atoms with van der Waals surface area (Å²) in [5.74, 6) is 0. The van der Waals surface area contributed by atoms with E-state index in [-0.39, 0.29) is 17.5 Å². The lowest BCUT2D eigenvalue weighted by atomic mass is 10.4. The van der Waals surface area contributed by atoms with Gasteiger partial charge in [-0.05, 0) is 19.4 Å². The lowest BCUT2D eigenvalue weighted by Crippen LogP contribution is -2.35. The number of aryl methyl sites for hydroxylation is 1. The first-order valence-electron chi connectivity index (χ1n) is 6.64. The summed E-state index contributed by atoms with van der Waals surface area (Å²) in [4.78, 5) is 0.118. The third-order valence-electron chi connectivity index (χ3n) is 2.84. The van der Waals surface area contributed by atoms with Crippen molar-refractivity contribution in [3.63, 3.8) is 0 Å². The minimum absolute atomic E-state index is 0.0428. The Morgan fingerprint density at radius 3 is 2.86 bits per heavy atom. The van der Waals surface area contributed by atoms with E-state index in [2.05, 4.69) is 14.9 Å². The summed E-state index contributed by atoms with van der Waals surface area (Å²) in [6, 6.07) is 1.49. The van der Waals surface area contributed by atoms with Crippen molar-refractivity contribution < 1.29 is 13.5 Å². The summed E-state index contributed by atoms with van der Waals surface area (Å²) in [7, 11) is -3.60. The third kappa shape index (κ3) is 4.38. The van der Waals surface area contributed by atoms with Gasteiger partial charge in [0.1, 0.15) is 4.90 Å². The number of rotatable bonds is 8. The van der Waals surface area contributed by atoms with Gasteiger partial charge in [0.15, 0.2) is 0 Å². The van der Waals surface area contributed by atoms with Gasteiger partial charge in [-0.25, -0.2) is 13.1 Å². The number of nitrogens with one attached hydrogen (secondary N) is 1. The second kappa shape index (κ2) is 6.83. The Morgan fingerprint density at radius 2 is 2.19 bits per heavy atom.